The van der Waals surface area contributed by atoms with Crippen LogP contribution in [0.25, 0.3) is 0 Å². The summed E-state index contributed by atoms with van der Waals surface area (Å²) in [6, 6.07) is 0. The lowest BCUT2D eigenvalue weighted by molar-refractivity contribution is -0.124. The minimum absolute atomic E-state index is 0.0387. The van der Waals surface area contributed by atoms with Crippen molar-refractivity contribution in [3.05, 3.63) is 0 Å². The van der Waals surface area contributed by atoms with Gasteiger partial charge in [-0.15, -0.1) is 0 Å². The van der Waals surface area contributed by atoms with Crippen molar-refractivity contribution in [2.75, 3.05) is 0 Å². The first-order valence-electron chi connectivity index (χ1n) is 13.1. The van der Waals surface area contributed by atoms with E-state index in [9.17, 15) is 5.11 Å². The predicted octanol–water partition coefficient (Wildman–Crippen LogP) is 6.69. The summed E-state index contributed by atoms with van der Waals surface area (Å²) in [6.45, 7) is 11.4. The van der Waals surface area contributed by atoms with Crippen LogP contribution in [-0.2, 0) is 4.74 Å². The van der Waals surface area contributed by atoms with Gasteiger partial charge in [0.05, 0.1) is 12.2 Å². The van der Waals surface area contributed by atoms with Crippen molar-refractivity contribution in [3.8, 4) is 0 Å². The van der Waals surface area contributed by atoms with Crippen molar-refractivity contribution < 1.29 is 14.2 Å². The van der Waals surface area contributed by atoms with Crippen LogP contribution in [0.2, 0.25) is 0 Å². The Kier molecular flexibility index (Phi) is 5.00. The molecule has 1 heterocycles. The Morgan fingerprint density at radius 1 is 1.10 bits per heavy atom. The molecule has 172 valence electrons. The highest BCUT2D eigenvalue weighted by atomic mass is 19.1. The van der Waals surface area contributed by atoms with Crippen LogP contribution in [0.5, 0.6) is 0 Å². The number of ether oxygens (including phenoxy) is 1. The fourth-order valence-corrected chi connectivity index (χ4v) is 9.68. The van der Waals surface area contributed by atoms with Crippen LogP contribution in [0.4, 0.5) is 4.39 Å². The van der Waals surface area contributed by atoms with E-state index in [1.807, 2.05) is 6.92 Å². The third-order valence-corrected chi connectivity index (χ3v) is 11.2. The lowest BCUT2D eigenvalue weighted by atomic mass is 9.44. The van der Waals surface area contributed by atoms with Gasteiger partial charge >= 0.3 is 0 Å². The van der Waals surface area contributed by atoms with E-state index in [2.05, 4.69) is 27.7 Å². The first-order valence-corrected chi connectivity index (χ1v) is 13.1. The van der Waals surface area contributed by atoms with Crippen LogP contribution in [0.15, 0.2) is 0 Å². The molecule has 5 fully saturated rings. The van der Waals surface area contributed by atoms with Gasteiger partial charge < -0.3 is 9.84 Å². The van der Waals surface area contributed by atoms with Gasteiger partial charge in [0.15, 0.2) is 0 Å². The summed E-state index contributed by atoms with van der Waals surface area (Å²) in [4.78, 5) is 0. The van der Waals surface area contributed by atoms with Crippen molar-refractivity contribution in [1.29, 1.82) is 0 Å². The molecule has 30 heavy (non-hydrogen) atoms. The van der Waals surface area contributed by atoms with Gasteiger partial charge in [0, 0.05) is 11.8 Å². The zero-order chi connectivity index (χ0) is 21.5. The number of rotatable bonds is 5. The summed E-state index contributed by atoms with van der Waals surface area (Å²) in [5.74, 6) is 2.94. The summed E-state index contributed by atoms with van der Waals surface area (Å²) in [5.41, 5.74) is -0.695. The average Bonchev–Trinajstić information content (AvgIpc) is 3.21. The number of halogens is 1. The Labute approximate surface area is 183 Å². The SMILES string of the molecule is CC(C)CCCC(C)(F)[C@H]1CCC2C3C[C@H]4O[C@]45C[C@@H](O)CC[C@]5(C)C3CC[C@@]21C. The molecule has 4 aliphatic carbocycles. The molecule has 1 N–H and O–H groups in total. The maximum absolute atomic E-state index is 16.1. The molecule has 0 bridgehead atoms. The summed E-state index contributed by atoms with van der Waals surface area (Å²) >= 11 is 0. The Balaban J connectivity index is 1.36. The molecule has 5 rings (SSSR count). The normalized spacial score (nSPS) is 54.0. The smallest absolute Gasteiger partial charge is 0.111 e. The molecular weight excluding hydrogens is 375 g/mol. The predicted molar refractivity (Wildman–Crippen MR) is 119 cm³/mol. The fourth-order valence-electron chi connectivity index (χ4n) is 9.68. The minimum atomic E-state index is -1.03. The number of hydrogen-bond donors (Lipinski definition) is 1. The number of fused-ring (bicyclic) bond motifs is 4. The highest BCUT2D eigenvalue weighted by Crippen LogP contribution is 2.74. The first-order chi connectivity index (χ1) is 14.0. The minimum Gasteiger partial charge on any atom is -0.393 e. The number of epoxide rings is 1. The Hall–Kier alpha value is -0.150. The van der Waals surface area contributed by atoms with Crippen LogP contribution in [0.3, 0.4) is 0 Å². The number of aliphatic hydroxyl groups excluding tert-OH is 1. The maximum Gasteiger partial charge on any atom is 0.111 e. The number of hydrogen-bond acceptors (Lipinski definition) is 2. The Bertz CT molecular complexity index is 676. The summed E-state index contributed by atoms with van der Waals surface area (Å²) in [7, 11) is 0. The second-order valence-corrected chi connectivity index (χ2v) is 13.2. The molecule has 5 aliphatic rings. The van der Waals surface area contributed by atoms with Crippen LogP contribution in [-0.4, -0.2) is 28.6 Å². The molecule has 0 radical (unpaired) electrons. The third kappa shape index (κ3) is 2.93. The zero-order valence-electron chi connectivity index (χ0n) is 20.1. The molecule has 3 heteroatoms. The molecule has 1 spiro atoms. The van der Waals surface area contributed by atoms with Crippen molar-refractivity contribution in [2.45, 2.75) is 129 Å². The van der Waals surface area contributed by atoms with Crippen molar-refractivity contribution in [1.82, 2.24) is 0 Å². The number of aliphatic hydroxyl groups is 1. The fraction of sp³-hybridized carbons (Fsp3) is 1.00. The second kappa shape index (κ2) is 6.92. The maximum atomic E-state index is 16.1. The first kappa shape index (κ1) is 21.7. The van der Waals surface area contributed by atoms with Crippen LogP contribution in [0, 0.1) is 40.4 Å². The monoisotopic (exact) mass is 420 g/mol. The van der Waals surface area contributed by atoms with Crippen LogP contribution >= 0.6 is 0 Å². The molecule has 1 saturated heterocycles. The van der Waals surface area contributed by atoms with E-state index in [0.29, 0.717) is 29.8 Å². The lowest BCUT2D eigenvalue weighted by Gasteiger charge is -2.59. The van der Waals surface area contributed by atoms with Gasteiger partial charge in [0.2, 0.25) is 0 Å². The second-order valence-electron chi connectivity index (χ2n) is 13.2. The van der Waals surface area contributed by atoms with Gasteiger partial charge in [-0.3, -0.25) is 0 Å². The molecule has 1 aliphatic heterocycles. The van der Waals surface area contributed by atoms with Crippen molar-refractivity contribution in [3.63, 3.8) is 0 Å². The van der Waals surface area contributed by atoms with Gasteiger partial charge in [-0.05, 0) is 93.3 Å². The third-order valence-electron chi connectivity index (χ3n) is 11.2. The average molecular weight is 421 g/mol. The largest absolute Gasteiger partial charge is 0.393 e. The van der Waals surface area contributed by atoms with Crippen LogP contribution < -0.4 is 0 Å². The topological polar surface area (TPSA) is 32.8 Å². The van der Waals surface area contributed by atoms with E-state index in [0.717, 1.165) is 51.4 Å². The standard InChI is InChI=1S/C27H45FO2/c1-17(2)7-6-12-26(5,28)22-9-8-20-19-15-23-27(30-23)16-18(29)10-14-25(27,4)21(19)11-13-24(20,22)3/h17-23,29H,6-16H2,1-5H3/t18-,19?,20?,21?,22-,23+,24-,25+,26?,27+/m0/s1. The number of alkyl halides is 1. The highest BCUT2D eigenvalue weighted by Gasteiger charge is 2.76. The Morgan fingerprint density at radius 3 is 2.60 bits per heavy atom. The van der Waals surface area contributed by atoms with Crippen molar-refractivity contribution in [2.24, 2.45) is 40.4 Å². The van der Waals surface area contributed by atoms with Crippen LogP contribution in [0.1, 0.15) is 105 Å². The van der Waals surface area contributed by atoms with E-state index in [-0.39, 0.29) is 28.5 Å². The summed E-state index contributed by atoms with van der Waals surface area (Å²) in [5, 5.41) is 10.3. The molecule has 0 aromatic carbocycles. The van der Waals surface area contributed by atoms with Crippen molar-refractivity contribution >= 4 is 0 Å². The molecule has 0 aromatic heterocycles. The quantitative estimate of drug-likeness (QED) is 0.502. The Morgan fingerprint density at radius 2 is 1.87 bits per heavy atom. The van der Waals surface area contributed by atoms with E-state index < -0.39 is 5.67 Å². The van der Waals surface area contributed by atoms with Gasteiger partial charge in [-0.1, -0.05) is 40.5 Å². The molecule has 0 aromatic rings. The molecule has 4 saturated carbocycles. The molecule has 2 nitrogen and oxygen atoms in total. The lowest BCUT2D eigenvalue weighted by Crippen LogP contribution is -2.59. The molecule has 4 unspecified atom stereocenters. The highest BCUT2D eigenvalue weighted by molar-refractivity contribution is 5.24. The van der Waals surface area contributed by atoms with Gasteiger partial charge in [-0.25, -0.2) is 4.39 Å². The van der Waals surface area contributed by atoms with Gasteiger partial charge in [0.1, 0.15) is 11.3 Å². The zero-order valence-corrected chi connectivity index (χ0v) is 20.1. The van der Waals surface area contributed by atoms with Gasteiger partial charge in [-0.2, -0.15) is 0 Å². The summed E-state index contributed by atoms with van der Waals surface area (Å²) < 4.78 is 22.6. The van der Waals surface area contributed by atoms with E-state index in [1.54, 1.807) is 0 Å². The molecule has 10 atom stereocenters. The van der Waals surface area contributed by atoms with Gasteiger partial charge in [0.25, 0.3) is 0 Å². The summed E-state index contributed by atoms with van der Waals surface area (Å²) in [6.07, 6.45) is 11.8. The van der Waals surface area contributed by atoms with E-state index >= 15 is 4.39 Å². The van der Waals surface area contributed by atoms with E-state index in [1.165, 1.54) is 19.3 Å². The van der Waals surface area contributed by atoms with E-state index in [4.69, 9.17) is 4.74 Å². The molecular formula is C27H45FO2. The molecule has 0 amide bonds.